The number of hydrogen-bond acceptors (Lipinski definition) is 3. The zero-order valence-electron chi connectivity index (χ0n) is 9.50. The number of rotatable bonds is 6. The van der Waals surface area contributed by atoms with Gasteiger partial charge in [0.15, 0.2) is 0 Å². The van der Waals surface area contributed by atoms with Gasteiger partial charge in [-0.15, -0.1) is 0 Å². The molecule has 1 aliphatic heterocycles. The number of nitrogens with zero attached hydrogens (tertiary/aromatic N) is 1. The molecule has 0 amide bonds. The van der Waals surface area contributed by atoms with Crippen LogP contribution in [0.15, 0.2) is 0 Å². The monoisotopic (exact) mass is 200 g/mol. The molecule has 3 heteroatoms. The molecule has 14 heavy (non-hydrogen) atoms. The SMILES string of the molecule is CCC1CNCC1N(CC)CCCO. The zero-order valence-corrected chi connectivity index (χ0v) is 9.50. The Morgan fingerprint density at radius 2 is 2.14 bits per heavy atom. The molecule has 2 atom stereocenters. The summed E-state index contributed by atoms with van der Waals surface area (Å²) in [5.41, 5.74) is 0. The highest BCUT2D eigenvalue weighted by atomic mass is 16.3. The highest BCUT2D eigenvalue weighted by Gasteiger charge is 2.29. The van der Waals surface area contributed by atoms with Crippen LogP contribution in [-0.2, 0) is 0 Å². The molecule has 0 aromatic heterocycles. The Hall–Kier alpha value is -0.120. The molecule has 0 saturated carbocycles. The second-order valence-corrected chi connectivity index (χ2v) is 4.10. The van der Waals surface area contributed by atoms with Crippen LogP contribution in [0.25, 0.3) is 0 Å². The maximum absolute atomic E-state index is 8.83. The van der Waals surface area contributed by atoms with Crippen LogP contribution < -0.4 is 5.32 Å². The van der Waals surface area contributed by atoms with Gasteiger partial charge in [-0.25, -0.2) is 0 Å². The molecule has 1 aliphatic rings. The van der Waals surface area contributed by atoms with Crippen molar-refractivity contribution in [2.24, 2.45) is 5.92 Å². The van der Waals surface area contributed by atoms with E-state index in [0.717, 1.165) is 38.5 Å². The lowest BCUT2D eigenvalue weighted by Gasteiger charge is -2.30. The molecule has 84 valence electrons. The molecule has 2 unspecified atom stereocenters. The molecule has 0 aromatic rings. The molecule has 0 radical (unpaired) electrons. The number of aliphatic hydroxyl groups is 1. The fourth-order valence-corrected chi connectivity index (χ4v) is 2.40. The summed E-state index contributed by atoms with van der Waals surface area (Å²) in [6.45, 7) is 9.22. The van der Waals surface area contributed by atoms with Crippen molar-refractivity contribution in [3.63, 3.8) is 0 Å². The summed E-state index contributed by atoms with van der Waals surface area (Å²) < 4.78 is 0. The Morgan fingerprint density at radius 1 is 1.36 bits per heavy atom. The van der Waals surface area contributed by atoms with E-state index in [1.54, 1.807) is 0 Å². The number of nitrogens with one attached hydrogen (secondary N) is 1. The molecule has 1 rings (SSSR count). The number of likely N-dealkylation sites (N-methyl/N-ethyl adjacent to an activating group) is 1. The molecule has 1 fully saturated rings. The molecule has 2 N–H and O–H groups in total. The van der Waals surface area contributed by atoms with Crippen LogP contribution in [0.3, 0.4) is 0 Å². The summed E-state index contributed by atoms with van der Waals surface area (Å²) in [5, 5.41) is 12.3. The molecule has 3 nitrogen and oxygen atoms in total. The van der Waals surface area contributed by atoms with E-state index in [4.69, 9.17) is 5.11 Å². The Labute approximate surface area is 87.5 Å². The Kier molecular flexibility index (Phi) is 5.45. The van der Waals surface area contributed by atoms with Crippen molar-refractivity contribution in [3.05, 3.63) is 0 Å². The standard InChI is InChI=1S/C11H24N2O/c1-3-10-8-12-9-11(10)13(4-2)6-5-7-14/h10-12,14H,3-9H2,1-2H3. The van der Waals surface area contributed by atoms with Gasteiger partial charge in [0.2, 0.25) is 0 Å². The summed E-state index contributed by atoms with van der Waals surface area (Å²) >= 11 is 0. The summed E-state index contributed by atoms with van der Waals surface area (Å²) in [4.78, 5) is 2.50. The Balaban J connectivity index is 2.41. The van der Waals surface area contributed by atoms with Gasteiger partial charge in [0.25, 0.3) is 0 Å². The number of hydrogen-bond donors (Lipinski definition) is 2. The van der Waals surface area contributed by atoms with Crippen molar-refractivity contribution in [1.29, 1.82) is 0 Å². The first kappa shape index (κ1) is 12.0. The Morgan fingerprint density at radius 3 is 2.71 bits per heavy atom. The lowest BCUT2D eigenvalue weighted by atomic mass is 9.99. The fraction of sp³-hybridized carbons (Fsp3) is 1.00. The van der Waals surface area contributed by atoms with Crippen LogP contribution in [0, 0.1) is 5.92 Å². The zero-order chi connectivity index (χ0) is 10.4. The Bertz CT molecular complexity index is 152. The van der Waals surface area contributed by atoms with Gasteiger partial charge in [0, 0.05) is 25.7 Å². The predicted octanol–water partition coefficient (Wildman–Crippen LogP) is 0.689. The van der Waals surface area contributed by atoms with E-state index in [1.165, 1.54) is 6.42 Å². The topological polar surface area (TPSA) is 35.5 Å². The van der Waals surface area contributed by atoms with E-state index in [1.807, 2.05) is 0 Å². The van der Waals surface area contributed by atoms with Crippen molar-refractivity contribution in [1.82, 2.24) is 10.2 Å². The average molecular weight is 200 g/mol. The first-order valence-electron chi connectivity index (χ1n) is 5.89. The van der Waals surface area contributed by atoms with Crippen LogP contribution in [0.2, 0.25) is 0 Å². The van der Waals surface area contributed by atoms with E-state index in [9.17, 15) is 0 Å². The predicted molar refractivity (Wildman–Crippen MR) is 59.4 cm³/mol. The molecule has 1 saturated heterocycles. The minimum absolute atomic E-state index is 0.313. The lowest BCUT2D eigenvalue weighted by Crippen LogP contribution is -2.41. The van der Waals surface area contributed by atoms with Crippen LogP contribution >= 0.6 is 0 Å². The number of aliphatic hydroxyl groups excluding tert-OH is 1. The molecule has 0 aromatic carbocycles. The van der Waals surface area contributed by atoms with Crippen molar-refractivity contribution in [2.45, 2.75) is 32.7 Å². The van der Waals surface area contributed by atoms with Gasteiger partial charge in [-0.2, -0.15) is 0 Å². The summed E-state index contributed by atoms with van der Waals surface area (Å²) in [7, 11) is 0. The molecule has 1 heterocycles. The van der Waals surface area contributed by atoms with Crippen LogP contribution in [0.5, 0.6) is 0 Å². The van der Waals surface area contributed by atoms with Gasteiger partial charge in [-0.1, -0.05) is 20.3 Å². The minimum atomic E-state index is 0.313. The van der Waals surface area contributed by atoms with Gasteiger partial charge in [0.1, 0.15) is 0 Å². The van der Waals surface area contributed by atoms with Crippen molar-refractivity contribution in [3.8, 4) is 0 Å². The van der Waals surface area contributed by atoms with Gasteiger partial charge >= 0.3 is 0 Å². The molecule has 0 bridgehead atoms. The van der Waals surface area contributed by atoms with E-state index >= 15 is 0 Å². The van der Waals surface area contributed by atoms with E-state index in [-0.39, 0.29) is 0 Å². The van der Waals surface area contributed by atoms with E-state index in [0.29, 0.717) is 12.6 Å². The average Bonchev–Trinajstić information content (AvgIpc) is 2.67. The van der Waals surface area contributed by atoms with Gasteiger partial charge in [0.05, 0.1) is 0 Å². The lowest BCUT2D eigenvalue weighted by molar-refractivity contribution is 0.160. The molecular weight excluding hydrogens is 176 g/mol. The first-order valence-corrected chi connectivity index (χ1v) is 5.89. The molecule has 0 spiro atoms. The van der Waals surface area contributed by atoms with Crippen molar-refractivity contribution >= 4 is 0 Å². The quantitative estimate of drug-likeness (QED) is 0.662. The smallest absolute Gasteiger partial charge is 0.0443 e. The van der Waals surface area contributed by atoms with Crippen LogP contribution in [0.4, 0.5) is 0 Å². The van der Waals surface area contributed by atoms with Crippen molar-refractivity contribution in [2.75, 3.05) is 32.8 Å². The third-order valence-electron chi connectivity index (χ3n) is 3.31. The molecule has 0 aliphatic carbocycles. The normalized spacial score (nSPS) is 27.4. The second kappa shape index (κ2) is 6.38. The maximum Gasteiger partial charge on any atom is 0.0443 e. The minimum Gasteiger partial charge on any atom is -0.396 e. The van der Waals surface area contributed by atoms with Crippen molar-refractivity contribution < 1.29 is 5.11 Å². The second-order valence-electron chi connectivity index (χ2n) is 4.10. The molecular formula is C11H24N2O. The van der Waals surface area contributed by atoms with Crippen LogP contribution in [-0.4, -0.2) is 48.8 Å². The summed E-state index contributed by atoms with van der Waals surface area (Å²) in [6, 6.07) is 0.691. The third kappa shape index (κ3) is 2.94. The highest BCUT2D eigenvalue weighted by Crippen LogP contribution is 2.18. The highest BCUT2D eigenvalue weighted by molar-refractivity contribution is 4.87. The summed E-state index contributed by atoms with van der Waals surface area (Å²) in [5.74, 6) is 0.800. The largest absolute Gasteiger partial charge is 0.396 e. The van der Waals surface area contributed by atoms with Gasteiger partial charge < -0.3 is 10.4 Å². The van der Waals surface area contributed by atoms with Crippen LogP contribution in [0.1, 0.15) is 26.7 Å². The first-order chi connectivity index (χ1) is 6.83. The fourth-order valence-electron chi connectivity index (χ4n) is 2.40. The third-order valence-corrected chi connectivity index (χ3v) is 3.31. The van der Waals surface area contributed by atoms with Gasteiger partial charge in [-0.05, 0) is 25.4 Å². The van der Waals surface area contributed by atoms with E-state index < -0.39 is 0 Å². The maximum atomic E-state index is 8.83. The summed E-state index contributed by atoms with van der Waals surface area (Å²) in [6.07, 6.45) is 2.16. The van der Waals surface area contributed by atoms with E-state index in [2.05, 4.69) is 24.1 Å². The van der Waals surface area contributed by atoms with Gasteiger partial charge in [-0.3, -0.25) is 4.90 Å².